The lowest BCUT2D eigenvalue weighted by atomic mass is 10.0. The Morgan fingerprint density at radius 1 is 1.04 bits per heavy atom. The molecule has 0 saturated carbocycles. The van der Waals surface area contributed by atoms with Gasteiger partial charge in [-0.25, -0.2) is 5.43 Å². The third-order valence-electron chi connectivity index (χ3n) is 4.41. The largest absolute Gasteiger partial charge is 0.455 e. The van der Waals surface area contributed by atoms with Crippen molar-refractivity contribution in [1.29, 1.82) is 0 Å². The molecule has 0 bridgehead atoms. The van der Waals surface area contributed by atoms with E-state index in [1.54, 1.807) is 6.07 Å². The van der Waals surface area contributed by atoms with Crippen LogP contribution in [0.5, 0.6) is 0 Å². The summed E-state index contributed by atoms with van der Waals surface area (Å²) in [5, 5.41) is 4.63. The molecule has 3 aromatic rings. The van der Waals surface area contributed by atoms with Gasteiger partial charge >= 0.3 is 0 Å². The van der Waals surface area contributed by atoms with Crippen LogP contribution in [-0.2, 0) is 11.2 Å². The summed E-state index contributed by atoms with van der Waals surface area (Å²) < 4.78 is 5.78. The van der Waals surface area contributed by atoms with Crippen molar-refractivity contribution in [2.45, 2.75) is 27.2 Å². The zero-order chi connectivity index (χ0) is 19.4. The number of amides is 1. The van der Waals surface area contributed by atoms with Crippen LogP contribution in [0.4, 0.5) is 0 Å². The minimum absolute atomic E-state index is 0.174. The van der Waals surface area contributed by atoms with Crippen LogP contribution in [0.15, 0.2) is 58.0 Å². The molecule has 0 radical (unpaired) electrons. The van der Waals surface area contributed by atoms with Gasteiger partial charge in [-0.1, -0.05) is 35.9 Å². The summed E-state index contributed by atoms with van der Waals surface area (Å²) in [6.45, 7) is 6.08. The number of carbonyl (C=O) groups is 1. The molecule has 2 aromatic carbocycles. The first-order valence-corrected chi connectivity index (χ1v) is 9.04. The van der Waals surface area contributed by atoms with Gasteiger partial charge < -0.3 is 4.42 Å². The Morgan fingerprint density at radius 3 is 2.59 bits per heavy atom. The van der Waals surface area contributed by atoms with Crippen molar-refractivity contribution in [3.8, 4) is 11.3 Å². The van der Waals surface area contributed by atoms with E-state index in [2.05, 4.69) is 10.5 Å². The normalized spacial score (nSPS) is 11.1. The molecule has 1 aromatic heterocycles. The number of nitrogens with zero attached hydrogens (tertiary/aromatic N) is 1. The Morgan fingerprint density at radius 2 is 1.81 bits per heavy atom. The average Bonchev–Trinajstić information content (AvgIpc) is 3.09. The van der Waals surface area contributed by atoms with E-state index in [1.807, 2.05) is 63.2 Å². The van der Waals surface area contributed by atoms with Gasteiger partial charge in [0.2, 0.25) is 5.91 Å². The second-order valence-corrected chi connectivity index (χ2v) is 6.99. The van der Waals surface area contributed by atoms with Gasteiger partial charge in [-0.2, -0.15) is 5.10 Å². The Kier molecular flexibility index (Phi) is 5.77. The summed E-state index contributed by atoms with van der Waals surface area (Å²) in [7, 11) is 0. The van der Waals surface area contributed by atoms with Crippen molar-refractivity contribution in [1.82, 2.24) is 5.43 Å². The SMILES string of the molecule is Cc1ccc(CC(=O)N/N=C\c2ccc(-c3cc(Cl)ccc3C)o2)cc1C. The van der Waals surface area contributed by atoms with Crippen molar-refractivity contribution in [2.75, 3.05) is 0 Å². The van der Waals surface area contributed by atoms with Gasteiger partial charge in [0.25, 0.3) is 0 Å². The van der Waals surface area contributed by atoms with E-state index in [0.717, 1.165) is 16.7 Å². The molecule has 5 heteroatoms. The molecule has 0 saturated heterocycles. The van der Waals surface area contributed by atoms with Gasteiger partial charge in [-0.15, -0.1) is 0 Å². The van der Waals surface area contributed by atoms with E-state index in [-0.39, 0.29) is 12.3 Å². The van der Waals surface area contributed by atoms with Gasteiger partial charge in [0, 0.05) is 10.6 Å². The molecule has 0 fully saturated rings. The molecule has 0 aliphatic rings. The second-order valence-electron chi connectivity index (χ2n) is 6.55. The number of furan rings is 1. The number of halogens is 1. The van der Waals surface area contributed by atoms with Crippen LogP contribution < -0.4 is 5.43 Å². The zero-order valence-electron chi connectivity index (χ0n) is 15.5. The van der Waals surface area contributed by atoms with Crippen LogP contribution in [0.25, 0.3) is 11.3 Å². The maximum absolute atomic E-state index is 12.0. The molecule has 4 nitrogen and oxygen atoms in total. The summed E-state index contributed by atoms with van der Waals surface area (Å²) >= 11 is 6.06. The van der Waals surface area contributed by atoms with Crippen LogP contribution in [-0.4, -0.2) is 12.1 Å². The van der Waals surface area contributed by atoms with Gasteiger partial charge in [0.05, 0.1) is 12.6 Å². The smallest absolute Gasteiger partial charge is 0.244 e. The van der Waals surface area contributed by atoms with Crippen LogP contribution in [0, 0.1) is 20.8 Å². The molecule has 3 rings (SSSR count). The number of hydrogen-bond donors (Lipinski definition) is 1. The van der Waals surface area contributed by atoms with Gasteiger partial charge in [0.15, 0.2) is 0 Å². The van der Waals surface area contributed by atoms with Gasteiger partial charge in [-0.3, -0.25) is 4.79 Å². The average molecular weight is 381 g/mol. The molecule has 1 N–H and O–H groups in total. The molecule has 27 heavy (non-hydrogen) atoms. The first-order valence-electron chi connectivity index (χ1n) is 8.67. The van der Waals surface area contributed by atoms with E-state index in [1.165, 1.54) is 17.3 Å². The van der Waals surface area contributed by atoms with Crippen molar-refractivity contribution in [3.05, 3.63) is 81.6 Å². The van der Waals surface area contributed by atoms with E-state index in [4.69, 9.17) is 16.0 Å². The highest BCUT2D eigenvalue weighted by Crippen LogP contribution is 2.27. The maximum atomic E-state index is 12.0. The van der Waals surface area contributed by atoms with E-state index in [0.29, 0.717) is 16.5 Å². The Labute approximate surface area is 163 Å². The van der Waals surface area contributed by atoms with Crippen LogP contribution in [0.2, 0.25) is 5.02 Å². The fourth-order valence-electron chi connectivity index (χ4n) is 2.73. The lowest BCUT2D eigenvalue weighted by Gasteiger charge is -2.04. The number of aryl methyl sites for hydroxylation is 3. The third kappa shape index (κ3) is 4.86. The fraction of sp³-hybridized carbons (Fsp3) is 0.182. The minimum Gasteiger partial charge on any atom is -0.455 e. The van der Waals surface area contributed by atoms with Crippen molar-refractivity contribution in [3.63, 3.8) is 0 Å². The molecule has 0 atom stereocenters. The van der Waals surface area contributed by atoms with Crippen LogP contribution >= 0.6 is 11.6 Å². The van der Waals surface area contributed by atoms with E-state index in [9.17, 15) is 4.79 Å². The molecular weight excluding hydrogens is 360 g/mol. The predicted octanol–water partition coefficient (Wildman–Crippen LogP) is 5.22. The number of nitrogens with one attached hydrogen (secondary N) is 1. The van der Waals surface area contributed by atoms with Gasteiger partial charge in [0.1, 0.15) is 11.5 Å². The van der Waals surface area contributed by atoms with E-state index >= 15 is 0 Å². The van der Waals surface area contributed by atoms with Crippen LogP contribution in [0.1, 0.15) is 28.0 Å². The Bertz CT molecular complexity index is 1010. The lowest BCUT2D eigenvalue weighted by Crippen LogP contribution is -2.19. The Hall–Kier alpha value is -2.85. The second kappa shape index (κ2) is 8.23. The summed E-state index contributed by atoms with van der Waals surface area (Å²) in [5.41, 5.74) is 7.87. The lowest BCUT2D eigenvalue weighted by molar-refractivity contribution is -0.120. The predicted molar refractivity (Wildman–Crippen MR) is 109 cm³/mol. The number of hydrogen-bond acceptors (Lipinski definition) is 3. The molecule has 0 aliphatic heterocycles. The van der Waals surface area contributed by atoms with Crippen molar-refractivity contribution >= 4 is 23.7 Å². The molecule has 138 valence electrons. The van der Waals surface area contributed by atoms with Crippen molar-refractivity contribution in [2.24, 2.45) is 5.10 Å². The van der Waals surface area contributed by atoms with E-state index < -0.39 is 0 Å². The molecule has 0 aliphatic carbocycles. The topological polar surface area (TPSA) is 54.6 Å². The number of rotatable bonds is 5. The zero-order valence-corrected chi connectivity index (χ0v) is 16.3. The monoisotopic (exact) mass is 380 g/mol. The maximum Gasteiger partial charge on any atom is 0.244 e. The molecule has 1 amide bonds. The summed E-state index contributed by atoms with van der Waals surface area (Å²) in [4.78, 5) is 12.0. The standard InChI is InChI=1S/C22H21ClN2O2/c1-14-4-6-17(10-16(14)3)11-22(26)25-24-13-19-8-9-21(27-19)20-12-18(23)7-5-15(20)2/h4-10,12-13H,11H2,1-3H3,(H,25,26)/b24-13-. The Balaban J connectivity index is 1.61. The first-order chi connectivity index (χ1) is 12.9. The number of carbonyl (C=O) groups excluding carboxylic acids is 1. The summed E-state index contributed by atoms with van der Waals surface area (Å²) in [5.74, 6) is 1.08. The van der Waals surface area contributed by atoms with Crippen LogP contribution in [0.3, 0.4) is 0 Å². The highest BCUT2D eigenvalue weighted by atomic mass is 35.5. The number of hydrazone groups is 1. The molecule has 1 heterocycles. The van der Waals surface area contributed by atoms with Gasteiger partial charge in [-0.05, 0) is 67.3 Å². The minimum atomic E-state index is -0.174. The highest BCUT2D eigenvalue weighted by molar-refractivity contribution is 6.30. The quantitative estimate of drug-likeness (QED) is 0.487. The molecular formula is C22H21ClN2O2. The summed E-state index contributed by atoms with van der Waals surface area (Å²) in [6, 6.07) is 15.3. The highest BCUT2D eigenvalue weighted by Gasteiger charge is 2.08. The van der Waals surface area contributed by atoms with Crippen molar-refractivity contribution < 1.29 is 9.21 Å². The fourth-order valence-corrected chi connectivity index (χ4v) is 2.91. The molecule has 0 spiro atoms. The number of benzene rings is 2. The summed E-state index contributed by atoms with van der Waals surface area (Å²) in [6.07, 6.45) is 1.77. The molecule has 0 unspecified atom stereocenters. The third-order valence-corrected chi connectivity index (χ3v) is 4.64. The first kappa shape index (κ1) is 18.9.